The molecule has 0 unspecified atom stereocenters. The van der Waals surface area contributed by atoms with Crippen LogP contribution in [0.15, 0.2) is 64.6 Å². The van der Waals surface area contributed by atoms with Gasteiger partial charge in [-0.3, -0.25) is 4.79 Å². The molecule has 1 amide bonds. The SMILES string of the molecule is Cc1ccc(NC(=O)/C(C#N)=C/c2cc(Br)ccc2OCc2ccc(Cl)c(Cl)c2)cc1C. The molecule has 0 aliphatic rings. The van der Waals surface area contributed by atoms with Gasteiger partial charge in [-0.05, 0) is 79.1 Å². The Hall–Kier alpha value is -2.78. The molecule has 0 spiro atoms. The molecule has 0 fully saturated rings. The summed E-state index contributed by atoms with van der Waals surface area (Å²) in [5, 5.41) is 13.3. The Morgan fingerprint density at radius 3 is 2.53 bits per heavy atom. The Morgan fingerprint density at radius 2 is 1.84 bits per heavy atom. The lowest BCUT2D eigenvalue weighted by atomic mass is 10.1. The lowest BCUT2D eigenvalue weighted by molar-refractivity contribution is -0.112. The predicted octanol–water partition coefficient (Wildman–Crippen LogP) is 7.50. The van der Waals surface area contributed by atoms with E-state index in [1.807, 2.05) is 44.2 Å². The van der Waals surface area contributed by atoms with Crippen molar-refractivity contribution in [1.29, 1.82) is 5.26 Å². The van der Waals surface area contributed by atoms with Crippen LogP contribution in [0.4, 0.5) is 5.69 Å². The highest BCUT2D eigenvalue weighted by Gasteiger charge is 2.13. The highest BCUT2D eigenvalue weighted by atomic mass is 79.9. The topological polar surface area (TPSA) is 62.1 Å². The molecule has 0 atom stereocenters. The van der Waals surface area contributed by atoms with E-state index in [0.29, 0.717) is 27.0 Å². The maximum absolute atomic E-state index is 12.7. The molecule has 32 heavy (non-hydrogen) atoms. The Kier molecular flexibility index (Phi) is 7.98. The number of carbonyl (C=O) groups is 1. The largest absolute Gasteiger partial charge is 0.488 e. The van der Waals surface area contributed by atoms with Crippen molar-refractivity contribution < 1.29 is 9.53 Å². The van der Waals surface area contributed by atoms with E-state index in [2.05, 4.69) is 21.2 Å². The van der Waals surface area contributed by atoms with Crippen molar-refractivity contribution in [2.75, 3.05) is 5.32 Å². The number of anilines is 1. The molecule has 7 heteroatoms. The van der Waals surface area contributed by atoms with Crippen molar-refractivity contribution in [3.63, 3.8) is 0 Å². The first kappa shape index (κ1) is 23.9. The summed E-state index contributed by atoms with van der Waals surface area (Å²) in [4.78, 5) is 12.7. The lowest BCUT2D eigenvalue weighted by Crippen LogP contribution is -2.13. The van der Waals surface area contributed by atoms with Crippen molar-refractivity contribution in [1.82, 2.24) is 0 Å². The van der Waals surface area contributed by atoms with Crippen LogP contribution in [0.5, 0.6) is 5.75 Å². The third kappa shape index (κ3) is 6.14. The van der Waals surface area contributed by atoms with E-state index in [1.165, 1.54) is 6.08 Å². The number of hydrogen-bond acceptors (Lipinski definition) is 3. The summed E-state index contributed by atoms with van der Waals surface area (Å²) in [6.07, 6.45) is 1.51. The molecule has 0 aliphatic heterocycles. The molecule has 0 bridgehead atoms. The second-order valence-corrected chi connectivity index (χ2v) is 8.87. The summed E-state index contributed by atoms with van der Waals surface area (Å²) in [5.74, 6) is 0.0252. The highest BCUT2D eigenvalue weighted by molar-refractivity contribution is 9.10. The van der Waals surface area contributed by atoms with Crippen molar-refractivity contribution in [3.8, 4) is 11.8 Å². The number of rotatable bonds is 6. The van der Waals surface area contributed by atoms with Crippen molar-refractivity contribution in [3.05, 3.63) is 96.9 Å². The minimum Gasteiger partial charge on any atom is -0.488 e. The van der Waals surface area contributed by atoms with Gasteiger partial charge in [0, 0.05) is 15.7 Å². The Bertz CT molecular complexity index is 1250. The fraction of sp³-hybridized carbons (Fsp3) is 0.120. The van der Waals surface area contributed by atoms with E-state index in [4.69, 9.17) is 27.9 Å². The number of nitrogens with one attached hydrogen (secondary N) is 1. The summed E-state index contributed by atoms with van der Waals surface area (Å²) in [6, 6.07) is 18.2. The van der Waals surface area contributed by atoms with Crippen LogP contribution in [-0.4, -0.2) is 5.91 Å². The van der Waals surface area contributed by atoms with Crippen LogP contribution in [0, 0.1) is 25.2 Å². The van der Waals surface area contributed by atoms with Gasteiger partial charge in [0.05, 0.1) is 10.0 Å². The maximum Gasteiger partial charge on any atom is 0.266 e. The molecule has 3 rings (SSSR count). The van der Waals surface area contributed by atoms with Gasteiger partial charge in [-0.25, -0.2) is 0 Å². The fourth-order valence-corrected chi connectivity index (χ4v) is 3.58. The molecule has 0 radical (unpaired) electrons. The number of ether oxygens (including phenoxy) is 1. The number of nitrogens with zero attached hydrogens (tertiary/aromatic N) is 1. The van der Waals surface area contributed by atoms with E-state index in [0.717, 1.165) is 21.2 Å². The number of nitriles is 1. The number of amides is 1. The Balaban J connectivity index is 1.83. The van der Waals surface area contributed by atoms with E-state index in [-0.39, 0.29) is 12.2 Å². The van der Waals surface area contributed by atoms with Crippen molar-refractivity contribution in [2.45, 2.75) is 20.5 Å². The van der Waals surface area contributed by atoms with Gasteiger partial charge in [-0.15, -0.1) is 0 Å². The Labute approximate surface area is 205 Å². The summed E-state index contributed by atoms with van der Waals surface area (Å²) >= 11 is 15.5. The number of aryl methyl sites for hydroxylation is 2. The van der Waals surface area contributed by atoms with Crippen molar-refractivity contribution >= 4 is 56.8 Å². The monoisotopic (exact) mass is 528 g/mol. The molecule has 0 heterocycles. The first-order valence-corrected chi connectivity index (χ1v) is 11.2. The molecule has 1 N–H and O–H groups in total. The molecule has 0 aromatic heterocycles. The lowest BCUT2D eigenvalue weighted by Gasteiger charge is -2.11. The summed E-state index contributed by atoms with van der Waals surface area (Å²) in [6.45, 7) is 4.20. The predicted molar refractivity (Wildman–Crippen MR) is 133 cm³/mol. The average Bonchev–Trinajstić information content (AvgIpc) is 2.76. The van der Waals surface area contributed by atoms with Crippen LogP contribution in [0.1, 0.15) is 22.3 Å². The van der Waals surface area contributed by atoms with Crippen LogP contribution < -0.4 is 10.1 Å². The quantitative estimate of drug-likeness (QED) is 0.265. The number of halogens is 3. The van der Waals surface area contributed by atoms with Gasteiger partial charge in [0.15, 0.2) is 0 Å². The van der Waals surface area contributed by atoms with Gasteiger partial charge in [-0.1, -0.05) is 51.3 Å². The molecule has 0 saturated carbocycles. The van der Waals surface area contributed by atoms with E-state index in [9.17, 15) is 10.1 Å². The zero-order valence-electron chi connectivity index (χ0n) is 17.4. The number of carbonyl (C=O) groups excluding carboxylic acids is 1. The first-order valence-electron chi connectivity index (χ1n) is 9.63. The molecule has 3 aromatic rings. The molecule has 3 aromatic carbocycles. The molecule has 0 saturated heterocycles. The van der Waals surface area contributed by atoms with Crippen molar-refractivity contribution in [2.24, 2.45) is 0 Å². The molecule has 4 nitrogen and oxygen atoms in total. The molecular weight excluding hydrogens is 511 g/mol. The number of benzene rings is 3. The van der Waals surface area contributed by atoms with Crippen LogP contribution >= 0.6 is 39.1 Å². The Morgan fingerprint density at radius 1 is 1.06 bits per heavy atom. The second-order valence-electron chi connectivity index (χ2n) is 7.14. The van der Waals surface area contributed by atoms with Gasteiger partial charge < -0.3 is 10.1 Å². The zero-order chi connectivity index (χ0) is 23.3. The van der Waals surface area contributed by atoms with Gasteiger partial charge in [0.2, 0.25) is 0 Å². The normalized spacial score (nSPS) is 11.1. The second kappa shape index (κ2) is 10.7. The average molecular weight is 530 g/mol. The van der Waals surface area contributed by atoms with Gasteiger partial charge in [0.1, 0.15) is 24.0 Å². The third-order valence-electron chi connectivity index (χ3n) is 4.78. The summed E-state index contributed by atoms with van der Waals surface area (Å²) < 4.78 is 6.73. The van der Waals surface area contributed by atoms with Gasteiger partial charge in [-0.2, -0.15) is 5.26 Å². The minimum absolute atomic E-state index is 0.0410. The van der Waals surface area contributed by atoms with E-state index in [1.54, 1.807) is 30.3 Å². The maximum atomic E-state index is 12.7. The molecular formula is C25H19BrCl2N2O2. The van der Waals surface area contributed by atoms with Crippen LogP contribution in [0.2, 0.25) is 10.0 Å². The van der Waals surface area contributed by atoms with E-state index >= 15 is 0 Å². The van der Waals surface area contributed by atoms with E-state index < -0.39 is 5.91 Å². The highest BCUT2D eigenvalue weighted by Crippen LogP contribution is 2.28. The minimum atomic E-state index is -0.494. The fourth-order valence-electron chi connectivity index (χ4n) is 2.88. The van der Waals surface area contributed by atoms with Gasteiger partial charge >= 0.3 is 0 Å². The summed E-state index contributed by atoms with van der Waals surface area (Å²) in [5.41, 5.74) is 4.19. The molecule has 0 aliphatic carbocycles. The third-order valence-corrected chi connectivity index (χ3v) is 6.01. The van der Waals surface area contributed by atoms with Crippen LogP contribution in [0.25, 0.3) is 6.08 Å². The smallest absolute Gasteiger partial charge is 0.266 e. The first-order chi connectivity index (χ1) is 15.3. The van der Waals surface area contributed by atoms with Gasteiger partial charge in [0.25, 0.3) is 5.91 Å². The van der Waals surface area contributed by atoms with Crippen LogP contribution in [-0.2, 0) is 11.4 Å². The summed E-state index contributed by atoms with van der Waals surface area (Å²) in [7, 11) is 0. The standard InChI is InChI=1S/C25H19BrCl2N2O2/c1-15-3-6-21(9-16(15)2)30-25(31)19(13-29)11-18-12-20(26)5-8-24(18)32-14-17-4-7-22(27)23(28)10-17/h3-12H,14H2,1-2H3,(H,30,31)/b19-11+. The molecule has 162 valence electrons. The number of hydrogen-bond donors (Lipinski definition) is 1. The van der Waals surface area contributed by atoms with Crippen LogP contribution in [0.3, 0.4) is 0 Å². The zero-order valence-corrected chi connectivity index (χ0v) is 20.5.